The number of hydrogen-bond acceptors (Lipinski definition) is 3. The average Bonchev–Trinajstić information content (AvgIpc) is 2.72. The summed E-state index contributed by atoms with van der Waals surface area (Å²) in [7, 11) is 0. The first kappa shape index (κ1) is 9.93. The monoisotopic (exact) mass is 212 g/mol. The van der Waals surface area contributed by atoms with Crippen molar-refractivity contribution in [2.24, 2.45) is 5.73 Å². The third-order valence-corrected chi connectivity index (χ3v) is 2.16. The first-order valence-electron chi connectivity index (χ1n) is 4.55. The molecule has 1 aromatic heterocycles. The summed E-state index contributed by atoms with van der Waals surface area (Å²) < 4.78 is 0. The first-order chi connectivity index (χ1) is 7.70. The van der Waals surface area contributed by atoms with E-state index in [1.807, 2.05) is 12.1 Å². The SMILES string of the molecule is N#C/C(=C/c1ccc2[nH]ncc2c1)C(N)=O. The number of aromatic amines is 1. The third-order valence-electron chi connectivity index (χ3n) is 2.16. The number of rotatable bonds is 2. The Balaban J connectivity index is 2.48. The van der Waals surface area contributed by atoms with E-state index in [9.17, 15) is 4.79 Å². The molecule has 0 saturated carbocycles. The van der Waals surface area contributed by atoms with Gasteiger partial charge in [-0.25, -0.2) is 0 Å². The molecule has 1 amide bonds. The van der Waals surface area contributed by atoms with Gasteiger partial charge in [-0.15, -0.1) is 0 Å². The molecule has 0 radical (unpaired) electrons. The lowest BCUT2D eigenvalue weighted by Crippen LogP contribution is -2.12. The maximum Gasteiger partial charge on any atom is 0.259 e. The summed E-state index contributed by atoms with van der Waals surface area (Å²) in [5.41, 5.74) is 6.61. The molecule has 0 bridgehead atoms. The van der Waals surface area contributed by atoms with Crippen LogP contribution in [0.25, 0.3) is 17.0 Å². The van der Waals surface area contributed by atoms with Crippen LogP contribution in [0.2, 0.25) is 0 Å². The molecular formula is C11H8N4O. The summed E-state index contributed by atoms with van der Waals surface area (Å²) in [5.74, 6) is -0.727. The minimum absolute atomic E-state index is 0.0668. The van der Waals surface area contributed by atoms with Crippen molar-refractivity contribution in [3.05, 3.63) is 35.5 Å². The van der Waals surface area contributed by atoms with Gasteiger partial charge in [-0.05, 0) is 23.8 Å². The number of H-pyrrole nitrogens is 1. The number of nitrogens with two attached hydrogens (primary N) is 1. The Labute approximate surface area is 91.2 Å². The van der Waals surface area contributed by atoms with Crippen LogP contribution >= 0.6 is 0 Å². The maximum absolute atomic E-state index is 10.9. The minimum Gasteiger partial charge on any atom is -0.365 e. The van der Waals surface area contributed by atoms with E-state index in [0.29, 0.717) is 0 Å². The number of carbonyl (C=O) groups is 1. The van der Waals surface area contributed by atoms with Gasteiger partial charge in [-0.3, -0.25) is 9.89 Å². The minimum atomic E-state index is -0.727. The first-order valence-corrected chi connectivity index (χ1v) is 4.55. The van der Waals surface area contributed by atoms with Gasteiger partial charge in [-0.1, -0.05) is 6.07 Å². The molecule has 1 heterocycles. The highest BCUT2D eigenvalue weighted by molar-refractivity contribution is 6.00. The van der Waals surface area contributed by atoms with Crippen LogP contribution in [0, 0.1) is 11.3 Å². The molecule has 5 nitrogen and oxygen atoms in total. The van der Waals surface area contributed by atoms with Crippen molar-refractivity contribution >= 4 is 22.9 Å². The van der Waals surface area contributed by atoms with E-state index in [0.717, 1.165) is 16.5 Å². The summed E-state index contributed by atoms with van der Waals surface area (Å²) in [4.78, 5) is 10.9. The summed E-state index contributed by atoms with van der Waals surface area (Å²) >= 11 is 0. The van der Waals surface area contributed by atoms with E-state index in [1.165, 1.54) is 6.08 Å². The lowest BCUT2D eigenvalue weighted by atomic mass is 10.1. The molecule has 0 atom stereocenters. The fourth-order valence-electron chi connectivity index (χ4n) is 1.38. The standard InChI is InChI=1S/C11H8N4O/c12-5-8(11(13)16)3-7-1-2-10-9(4-7)6-14-15-10/h1-4,6H,(H2,13,16)(H,14,15)/b8-3-. The number of aromatic nitrogens is 2. The fraction of sp³-hybridized carbons (Fsp3) is 0. The van der Waals surface area contributed by atoms with Crippen molar-refractivity contribution in [2.45, 2.75) is 0 Å². The number of benzene rings is 1. The molecular weight excluding hydrogens is 204 g/mol. The molecule has 3 N–H and O–H groups in total. The second-order valence-electron chi connectivity index (χ2n) is 3.25. The second-order valence-corrected chi connectivity index (χ2v) is 3.25. The van der Waals surface area contributed by atoms with Gasteiger partial charge in [0.05, 0.1) is 11.7 Å². The van der Waals surface area contributed by atoms with E-state index in [-0.39, 0.29) is 5.57 Å². The number of nitriles is 1. The Bertz CT molecular complexity index is 618. The predicted octanol–water partition coefficient (Wildman–Crippen LogP) is 0.955. The van der Waals surface area contributed by atoms with Crippen molar-refractivity contribution < 1.29 is 4.79 Å². The van der Waals surface area contributed by atoms with Crippen LogP contribution in [0.3, 0.4) is 0 Å². The van der Waals surface area contributed by atoms with Gasteiger partial charge in [0.2, 0.25) is 0 Å². The molecule has 0 aliphatic carbocycles. The summed E-state index contributed by atoms with van der Waals surface area (Å²) in [6.07, 6.45) is 3.12. The van der Waals surface area contributed by atoms with Gasteiger partial charge in [0.15, 0.2) is 0 Å². The zero-order valence-electron chi connectivity index (χ0n) is 8.27. The number of amides is 1. The van der Waals surface area contributed by atoms with Crippen LogP contribution in [0.5, 0.6) is 0 Å². The van der Waals surface area contributed by atoms with Crippen LogP contribution in [-0.4, -0.2) is 16.1 Å². The highest BCUT2D eigenvalue weighted by Gasteiger charge is 2.03. The quantitative estimate of drug-likeness (QED) is 0.573. The highest BCUT2D eigenvalue weighted by Crippen LogP contribution is 2.15. The Morgan fingerprint density at radius 2 is 2.38 bits per heavy atom. The number of hydrogen-bond donors (Lipinski definition) is 2. The number of primary amides is 1. The molecule has 0 spiro atoms. The molecule has 2 aromatic rings. The lowest BCUT2D eigenvalue weighted by molar-refractivity contribution is -0.114. The molecule has 0 fully saturated rings. The Kier molecular flexibility index (Phi) is 2.40. The van der Waals surface area contributed by atoms with Crippen LogP contribution in [0.15, 0.2) is 30.0 Å². The van der Waals surface area contributed by atoms with Gasteiger partial charge in [0.25, 0.3) is 5.91 Å². The van der Waals surface area contributed by atoms with E-state index in [4.69, 9.17) is 11.0 Å². The third kappa shape index (κ3) is 1.77. The van der Waals surface area contributed by atoms with Gasteiger partial charge >= 0.3 is 0 Å². The highest BCUT2D eigenvalue weighted by atomic mass is 16.1. The molecule has 0 saturated heterocycles. The predicted molar refractivity (Wildman–Crippen MR) is 58.9 cm³/mol. The molecule has 0 aliphatic rings. The van der Waals surface area contributed by atoms with Crippen LogP contribution in [-0.2, 0) is 4.79 Å². The number of nitrogens with one attached hydrogen (secondary N) is 1. The summed E-state index contributed by atoms with van der Waals surface area (Å²) in [6.45, 7) is 0. The molecule has 1 aromatic carbocycles. The largest absolute Gasteiger partial charge is 0.365 e. The fourth-order valence-corrected chi connectivity index (χ4v) is 1.38. The van der Waals surface area contributed by atoms with Gasteiger partial charge in [0, 0.05) is 5.39 Å². The van der Waals surface area contributed by atoms with Gasteiger partial charge in [-0.2, -0.15) is 10.4 Å². The van der Waals surface area contributed by atoms with Crippen LogP contribution < -0.4 is 5.73 Å². The number of carbonyl (C=O) groups excluding carboxylic acids is 1. The zero-order valence-corrected chi connectivity index (χ0v) is 8.27. The number of fused-ring (bicyclic) bond motifs is 1. The summed E-state index contributed by atoms with van der Waals surface area (Å²) in [5, 5.41) is 16.3. The number of nitrogens with zero attached hydrogens (tertiary/aromatic N) is 2. The molecule has 5 heteroatoms. The average molecular weight is 212 g/mol. The van der Waals surface area contributed by atoms with Crippen molar-refractivity contribution in [1.29, 1.82) is 5.26 Å². The second kappa shape index (κ2) is 3.87. The molecule has 78 valence electrons. The Hall–Kier alpha value is -2.61. The normalized spacial score (nSPS) is 11.3. The van der Waals surface area contributed by atoms with E-state index >= 15 is 0 Å². The van der Waals surface area contributed by atoms with E-state index in [1.54, 1.807) is 18.3 Å². The lowest BCUT2D eigenvalue weighted by Gasteiger charge is -1.95. The molecule has 0 aliphatic heterocycles. The molecule has 0 unspecified atom stereocenters. The Morgan fingerprint density at radius 3 is 3.06 bits per heavy atom. The van der Waals surface area contributed by atoms with Crippen LogP contribution in [0.4, 0.5) is 0 Å². The van der Waals surface area contributed by atoms with Crippen molar-refractivity contribution in [3.63, 3.8) is 0 Å². The Morgan fingerprint density at radius 1 is 1.56 bits per heavy atom. The summed E-state index contributed by atoms with van der Waals surface area (Å²) in [6, 6.07) is 7.18. The van der Waals surface area contributed by atoms with Crippen molar-refractivity contribution in [1.82, 2.24) is 10.2 Å². The smallest absolute Gasteiger partial charge is 0.259 e. The maximum atomic E-state index is 10.9. The van der Waals surface area contributed by atoms with E-state index in [2.05, 4.69) is 10.2 Å². The van der Waals surface area contributed by atoms with Crippen molar-refractivity contribution in [3.8, 4) is 6.07 Å². The molecule has 16 heavy (non-hydrogen) atoms. The van der Waals surface area contributed by atoms with Crippen molar-refractivity contribution in [2.75, 3.05) is 0 Å². The van der Waals surface area contributed by atoms with Gasteiger partial charge < -0.3 is 5.73 Å². The topological polar surface area (TPSA) is 95.6 Å². The molecule has 2 rings (SSSR count). The zero-order chi connectivity index (χ0) is 11.5. The van der Waals surface area contributed by atoms with E-state index < -0.39 is 5.91 Å². The van der Waals surface area contributed by atoms with Crippen LogP contribution in [0.1, 0.15) is 5.56 Å². The van der Waals surface area contributed by atoms with Gasteiger partial charge in [0.1, 0.15) is 11.6 Å².